The summed E-state index contributed by atoms with van der Waals surface area (Å²) in [5.41, 5.74) is 3.93. The van der Waals surface area contributed by atoms with Crippen molar-refractivity contribution in [2.75, 3.05) is 7.11 Å². The van der Waals surface area contributed by atoms with Crippen molar-refractivity contribution in [1.82, 2.24) is 5.43 Å². The van der Waals surface area contributed by atoms with Gasteiger partial charge in [0.2, 0.25) is 0 Å². The summed E-state index contributed by atoms with van der Waals surface area (Å²) < 4.78 is 5.17. The Morgan fingerprint density at radius 2 is 2.38 bits per heavy atom. The van der Waals surface area contributed by atoms with E-state index in [9.17, 15) is 0 Å². The Morgan fingerprint density at radius 1 is 1.56 bits per heavy atom. The van der Waals surface area contributed by atoms with Crippen LogP contribution in [-0.2, 0) is 0 Å². The van der Waals surface area contributed by atoms with Gasteiger partial charge in [0.1, 0.15) is 5.75 Å². The van der Waals surface area contributed by atoms with Crippen molar-refractivity contribution in [2.24, 2.45) is 5.84 Å². The van der Waals surface area contributed by atoms with Crippen LogP contribution in [0.5, 0.6) is 5.75 Å². The van der Waals surface area contributed by atoms with Crippen LogP contribution >= 0.6 is 0 Å². The fourth-order valence-corrected chi connectivity index (χ4v) is 1.61. The van der Waals surface area contributed by atoms with Crippen LogP contribution in [0.3, 0.4) is 0 Å². The van der Waals surface area contributed by atoms with Gasteiger partial charge in [0.15, 0.2) is 0 Å². The van der Waals surface area contributed by atoms with E-state index in [1.165, 1.54) is 0 Å². The number of terminal acetylenes is 1. The summed E-state index contributed by atoms with van der Waals surface area (Å²) in [6.45, 7) is 0. The highest BCUT2D eigenvalue weighted by atomic mass is 16.5. The number of methoxy groups -OCH3 is 1. The third kappa shape index (κ3) is 3.58. The Balaban J connectivity index is 2.67. The Hall–Kier alpha value is -1.50. The minimum absolute atomic E-state index is 0.128. The maximum atomic E-state index is 5.54. The molecule has 1 unspecified atom stereocenters. The lowest BCUT2D eigenvalue weighted by Gasteiger charge is -2.16. The average Bonchev–Trinajstić information content (AvgIpc) is 2.35. The van der Waals surface area contributed by atoms with E-state index < -0.39 is 0 Å². The molecule has 0 fully saturated rings. The highest BCUT2D eigenvalue weighted by Crippen LogP contribution is 2.22. The molecule has 0 amide bonds. The van der Waals surface area contributed by atoms with E-state index in [4.69, 9.17) is 17.0 Å². The molecule has 0 spiro atoms. The lowest BCUT2D eigenvalue weighted by atomic mass is 10.0. The van der Waals surface area contributed by atoms with Gasteiger partial charge >= 0.3 is 0 Å². The molecule has 1 aromatic rings. The minimum atomic E-state index is 0.128. The second-order valence-electron chi connectivity index (χ2n) is 3.59. The first-order valence-corrected chi connectivity index (χ1v) is 5.35. The van der Waals surface area contributed by atoms with Gasteiger partial charge in [0.25, 0.3) is 0 Å². The second-order valence-corrected chi connectivity index (χ2v) is 3.59. The molecule has 0 aliphatic heterocycles. The molecule has 86 valence electrons. The maximum Gasteiger partial charge on any atom is 0.119 e. The van der Waals surface area contributed by atoms with Crippen molar-refractivity contribution in [3.63, 3.8) is 0 Å². The summed E-state index contributed by atoms with van der Waals surface area (Å²) in [6.07, 6.45) is 7.88. The van der Waals surface area contributed by atoms with E-state index in [0.29, 0.717) is 0 Å². The topological polar surface area (TPSA) is 47.3 Å². The van der Waals surface area contributed by atoms with E-state index in [0.717, 1.165) is 30.6 Å². The number of nitrogens with two attached hydrogens (primary N) is 1. The Labute approximate surface area is 97.0 Å². The standard InChI is InChI=1S/C13H18N2O/c1-3-4-5-9-13(15-14)11-7-6-8-12(10-11)16-2/h1,6-8,10,13,15H,4-5,9,14H2,2H3. The second kappa shape index (κ2) is 6.89. The van der Waals surface area contributed by atoms with Crippen LogP contribution in [0.25, 0.3) is 0 Å². The van der Waals surface area contributed by atoms with Gasteiger partial charge in [-0.2, -0.15) is 0 Å². The van der Waals surface area contributed by atoms with Crippen LogP contribution in [0.2, 0.25) is 0 Å². The van der Waals surface area contributed by atoms with Crippen molar-refractivity contribution >= 4 is 0 Å². The average molecular weight is 218 g/mol. The molecule has 0 bridgehead atoms. The van der Waals surface area contributed by atoms with Gasteiger partial charge in [-0.05, 0) is 30.5 Å². The zero-order valence-electron chi connectivity index (χ0n) is 9.57. The van der Waals surface area contributed by atoms with Crippen LogP contribution in [0.15, 0.2) is 24.3 Å². The largest absolute Gasteiger partial charge is 0.497 e. The number of nitrogens with one attached hydrogen (secondary N) is 1. The van der Waals surface area contributed by atoms with Crippen LogP contribution < -0.4 is 16.0 Å². The number of hydrogen-bond acceptors (Lipinski definition) is 3. The molecule has 0 aliphatic carbocycles. The summed E-state index contributed by atoms with van der Waals surface area (Å²) in [6, 6.07) is 8.02. The van der Waals surface area contributed by atoms with Gasteiger partial charge in [-0.1, -0.05) is 12.1 Å². The normalized spacial score (nSPS) is 11.8. The summed E-state index contributed by atoms with van der Waals surface area (Å²) in [4.78, 5) is 0. The number of hydrogen-bond donors (Lipinski definition) is 2. The Bertz CT molecular complexity index is 357. The van der Waals surface area contributed by atoms with Crippen molar-refractivity contribution < 1.29 is 4.74 Å². The first-order chi connectivity index (χ1) is 7.81. The predicted molar refractivity (Wildman–Crippen MR) is 65.7 cm³/mol. The molecule has 1 atom stereocenters. The smallest absolute Gasteiger partial charge is 0.119 e. The van der Waals surface area contributed by atoms with E-state index in [2.05, 4.69) is 11.3 Å². The zero-order valence-corrected chi connectivity index (χ0v) is 9.57. The number of benzene rings is 1. The third-order valence-corrected chi connectivity index (χ3v) is 2.51. The maximum absolute atomic E-state index is 5.54. The van der Waals surface area contributed by atoms with Gasteiger partial charge in [0, 0.05) is 12.5 Å². The highest BCUT2D eigenvalue weighted by Gasteiger charge is 2.09. The van der Waals surface area contributed by atoms with Crippen LogP contribution in [0.4, 0.5) is 0 Å². The van der Waals surface area contributed by atoms with Crippen molar-refractivity contribution in [3.05, 3.63) is 29.8 Å². The molecule has 3 N–H and O–H groups in total. The number of rotatable bonds is 6. The molecule has 3 heteroatoms. The summed E-state index contributed by atoms with van der Waals surface area (Å²) in [5, 5.41) is 0. The zero-order chi connectivity index (χ0) is 11.8. The van der Waals surface area contributed by atoms with Gasteiger partial charge in [-0.3, -0.25) is 11.3 Å². The van der Waals surface area contributed by atoms with Crippen LogP contribution in [-0.4, -0.2) is 7.11 Å². The fraction of sp³-hybridized carbons (Fsp3) is 0.385. The lowest BCUT2D eigenvalue weighted by molar-refractivity contribution is 0.412. The molecule has 1 rings (SSSR count). The summed E-state index contributed by atoms with van der Waals surface area (Å²) >= 11 is 0. The summed E-state index contributed by atoms with van der Waals surface area (Å²) in [5.74, 6) is 9.01. The van der Waals surface area contributed by atoms with Crippen molar-refractivity contribution in [1.29, 1.82) is 0 Å². The number of hydrazine groups is 1. The quantitative estimate of drug-likeness (QED) is 0.332. The third-order valence-electron chi connectivity index (χ3n) is 2.51. The van der Waals surface area contributed by atoms with Gasteiger partial charge in [0.05, 0.1) is 7.11 Å². The van der Waals surface area contributed by atoms with E-state index in [1.54, 1.807) is 7.11 Å². The van der Waals surface area contributed by atoms with Crippen LogP contribution in [0.1, 0.15) is 30.9 Å². The molecule has 0 saturated carbocycles. The first kappa shape index (κ1) is 12.6. The Morgan fingerprint density at radius 3 is 3.00 bits per heavy atom. The molecule has 1 aromatic carbocycles. The van der Waals surface area contributed by atoms with Gasteiger partial charge < -0.3 is 4.74 Å². The van der Waals surface area contributed by atoms with Crippen molar-refractivity contribution in [2.45, 2.75) is 25.3 Å². The van der Waals surface area contributed by atoms with Gasteiger partial charge in [-0.25, -0.2) is 0 Å². The molecule has 0 saturated heterocycles. The number of unbranched alkanes of at least 4 members (excludes halogenated alkanes) is 1. The molecule has 0 radical (unpaired) electrons. The first-order valence-electron chi connectivity index (χ1n) is 5.35. The van der Waals surface area contributed by atoms with E-state index >= 15 is 0 Å². The number of ether oxygens (including phenoxy) is 1. The molecule has 0 aromatic heterocycles. The predicted octanol–water partition coefficient (Wildman–Crippen LogP) is 2.00. The lowest BCUT2D eigenvalue weighted by Crippen LogP contribution is -2.27. The monoisotopic (exact) mass is 218 g/mol. The Kier molecular flexibility index (Phi) is 5.41. The minimum Gasteiger partial charge on any atom is -0.497 e. The fourth-order valence-electron chi connectivity index (χ4n) is 1.61. The van der Waals surface area contributed by atoms with E-state index in [1.807, 2.05) is 24.3 Å². The molecular weight excluding hydrogens is 200 g/mol. The summed E-state index contributed by atoms with van der Waals surface area (Å²) in [7, 11) is 1.66. The molecule has 0 aliphatic rings. The van der Waals surface area contributed by atoms with Crippen molar-refractivity contribution in [3.8, 4) is 18.1 Å². The molecule has 0 heterocycles. The van der Waals surface area contributed by atoms with E-state index in [-0.39, 0.29) is 6.04 Å². The SMILES string of the molecule is C#CCCCC(NN)c1cccc(OC)c1. The molecule has 16 heavy (non-hydrogen) atoms. The molecular formula is C13H18N2O. The highest BCUT2D eigenvalue weighted by molar-refractivity contribution is 5.30. The van der Waals surface area contributed by atoms with Gasteiger partial charge in [-0.15, -0.1) is 12.3 Å². The molecule has 3 nitrogen and oxygen atoms in total. The van der Waals surface area contributed by atoms with Crippen LogP contribution in [0, 0.1) is 12.3 Å².